The van der Waals surface area contributed by atoms with Gasteiger partial charge < -0.3 is 5.32 Å². The molecule has 4 heteroatoms. The van der Waals surface area contributed by atoms with E-state index >= 15 is 0 Å². The first-order valence-corrected chi connectivity index (χ1v) is 5.90. The third-order valence-corrected chi connectivity index (χ3v) is 2.97. The highest BCUT2D eigenvalue weighted by atomic mass is 32.1. The van der Waals surface area contributed by atoms with Crippen molar-refractivity contribution in [2.45, 2.75) is 6.42 Å². The van der Waals surface area contributed by atoms with Crippen LogP contribution in [-0.4, -0.2) is 6.54 Å². The predicted octanol–water partition coefficient (Wildman–Crippen LogP) is 3.68. The Balaban J connectivity index is 1.92. The normalized spacial score (nSPS) is 10.4. The molecule has 1 aromatic carbocycles. The lowest BCUT2D eigenvalue weighted by Gasteiger charge is -2.06. The Bertz CT molecular complexity index is 454. The number of rotatable bonds is 4. The highest BCUT2D eigenvalue weighted by molar-refractivity contribution is 7.07. The molecule has 0 spiro atoms. The highest BCUT2D eigenvalue weighted by Crippen LogP contribution is 2.15. The molecule has 0 saturated heterocycles. The number of benzene rings is 1. The zero-order chi connectivity index (χ0) is 11.4. The molecule has 1 aromatic heterocycles. The Morgan fingerprint density at radius 3 is 2.81 bits per heavy atom. The number of hydrogen-bond donors (Lipinski definition) is 1. The fraction of sp³-hybridized carbons (Fsp3) is 0.167. The molecule has 0 saturated carbocycles. The molecule has 1 heterocycles. The monoisotopic (exact) mass is 239 g/mol. The fourth-order valence-corrected chi connectivity index (χ4v) is 2.11. The molecule has 2 rings (SSSR count). The van der Waals surface area contributed by atoms with Crippen molar-refractivity contribution >= 4 is 17.0 Å². The lowest BCUT2D eigenvalue weighted by atomic mass is 10.2. The molecule has 0 amide bonds. The van der Waals surface area contributed by atoms with Gasteiger partial charge in [0.2, 0.25) is 0 Å². The highest BCUT2D eigenvalue weighted by Gasteiger charge is 2.02. The standard InChI is InChI=1S/C12H11F2NS/c13-10-1-2-11(14)12(7-10)15-5-3-9-4-6-16-8-9/h1-2,4,6-8,15H,3,5H2. The third kappa shape index (κ3) is 2.79. The maximum absolute atomic E-state index is 13.2. The van der Waals surface area contributed by atoms with E-state index in [0.717, 1.165) is 18.6 Å². The summed E-state index contributed by atoms with van der Waals surface area (Å²) in [7, 11) is 0. The van der Waals surface area contributed by atoms with Crippen LogP contribution in [0, 0.1) is 11.6 Å². The van der Waals surface area contributed by atoms with Crippen LogP contribution in [-0.2, 0) is 6.42 Å². The van der Waals surface area contributed by atoms with Crippen LogP contribution in [0.4, 0.5) is 14.5 Å². The van der Waals surface area contributed by atoms with E-state index in [4.69, 9.17) is 0 Å². The molecule has 2 aromatic rings. The minimum absolute atomic E-state index is 0.218. The molecular formula is C12H11F2NS. The molecule has 84 valence electrons. The second kappa shape index (κ2) is 5.07. The average Bonchev–Trinajstić information content (AvgIpc) is 2.76. The fourth-order valence-electron chi connectivity index (χ4n) is 1.41. The first kappa shape index (κ1) is 11.1. The summed E-state index contributed by atoms with van der Waals surface area (Å²) in [5, 5.41) is 6.93. The second-order valence-corrected chi connectivity index (χ2v) is 4.21. The van der Waals surface area contributed by atoms with E-state index in [-0.39, 0.29) is 5.69 Å². The van der Waals surface area contributed by atoms with Crippen molar-refractivity contribution in [3.63, 3.8) is 0 Å². The van der Waals surface area contributed by atoms with Crippen molar-refractivity contribution in [1.29, 1.82) is 0 Å². The predicted molar refractivity (Wildman–Crippen MR) is 62.9 cm³/mol. The van der Waals surface area contributed by atoms with Crippen molar-refractivity contribution in [1.82, 2.24) is 0 Å². The van der Waals surface area contributed by atoms with Gasteiger partial charge in [-0.3, -0.25) is 0 Å². The van der Waals surface area contributed by atoms with Crippen LogP contribution in [0.2, 0.25) is 0 Å². The molecule has 0 aliphatic carbocycles. The molecule has 0 aliphatic rings. The Morgan fingerprint density at radius 1 is 1.19 bits per heavy atom. The summed E-state index contributed by atoms with van der Waals surface area (Å²) in [4.78, 5) is 0. The van der Waals surface area contributed by atoms with Gasteiger partial charge in [0.05, 0.1) is 5.69 Å². The Hall–Kier alpha value is -1.42. The van der Waals surface area contributed by atoms with Crippen LogP contribution >= 0.6 is 11.3 Å². The van der Waals surface area contributed by atoms with Crippen molar-refractivity contribution in [2.75, 3.05) is 11.9 Å². The Labute approximate surface area is 96.7 Å². The maximum atomic E-state index is 13.2. The van der Waals surface area contributed by atoms with E-state index < -0.39 is 11.6 Å². The van der Waals surface area contributed by atoms with Crippen LogP contribution in [0.25, 0.3) is 0 Å². The summed E-state index contributed by atoms with van der Waals surface area (Å²) in [6, 6.07) is 5.43. The van der Waals surface area contributed by atoms with Crippen LogP contribution in [0.1, 0.15) is 5.56 Å². The van der Waals surface area contributed by atoms with Gasteiger partial charge in [-0.2, -0.15) is 11.3 Å². The van der Waals surface area contributed by atoms with Gasteiger partial charge in [-0.1, -0.05) is 0 Å². The molecule has 0 unspecified atom stereocenters. The second-order valence-electron chi connectivity index (χ2n) is 3.43. The number of nitrogens with one attached hydrogen (secondary N) is 1. The molecule has 0 bridgehead atoms. The van der Waals surface area contributed by atoms with Crippen molar-refractivity contribution in [2.24, 2.45) is 0 Å². The van der Waals surface area contributed by atoms with Crippen LogP contribution in [0.15, 0.2) is 35.0 Å². The van der Waals surface area contributed by atoms with Gasteiger partial charge in [0.15, 0.2) is 0 Å². The molecule has 1 nitrogen and oxygen atoms in total. The van der Waals surface area contributed by atoms with E-state index in [2.05, 4.69) is 5.32 Å². The molecule has 0 fully saturated rings. The quantitative estimate of drug-likeness (QED) is 0.858. The summed E-state index contributed by atoms with van der Waals surface area (Å²) in [5.74, 6) is -0.855. The lowest BCUT2D eigenvalue weighted by molar-refractivity contribution is 0.602. The SMILES string of the molecule is Fc1ccc(F)c(NCCc2ccsc2)c1. The molecule has 0 atom stereocenters. The molecular weight excluding hydrogens is 228 g/mol. The van der Waals surface area contributed by atoms with Gasteiger partial charge in [0, 0.05) is 6.54 Å². The van der Waals surface area contributed by atoms with Gasteiger partial charge >= 0.3 is 0 Å². The topological polar surface area (TPSA) is 12.0 Å². The lowest BCUT2D eigenvalue weighted by Crippen LogP contribution is -2.06. The van der Waals surface area contributed by atoms with E-state index in [9.17, 15) is 8.78 Å². The summed E-state index contributed by atoms with van der Waals surface area (Å²) >= 11 is 1.63. The summed E-state index contributed by atoms with van der Waals surface area (Å²) in [6.45, 7) is 0.594. The van der Waals surface area contributed by atoms with Gasteiger partial charge in [-0.25, -0.2) is 8.78 Å². The van der Waals surface area contributed by atoms with E-state index in [1.165, 1.54) is 11.6 Å². The number of hydrogen-bond acceptors (Lipinski definition) is 2. The molecule has 0 aliphatic heterocycles. The molecule has 0 radical (unpaired) electrons. The van der Waals surface area contributed by atoms with E-state index in [1.54, 1.807) is 11.3 Å². The molecule has 1 N–H and O–H groups in total. The Kier molecular flexibility index (Phi) is 3.51. The molecule has 16 heavy (non-hydrogen) atoms. The first-order valence-electron chi connectivity index (χ1n) is 4.96. The summed E-state index contributed by atoms with van der Waals surface area (Å²) in [6.07, 6.45) is 0.805. The van der Waals surface area contributed by atoms with E-state index in [0.29, 0.717) is 6.54 Å². The Morgan fingerprint density at radius 2 is 2.06 bits per heavy atom. The van der Waals surface area contributed by atoms with Gasteiger partial charge in [0.25, 0.3) is 0 Å². The number of thiophene rings is 1. The largest absolute Gasteiger partial charge is 0.382 e. The third-order valence-electron chi connectivity index (χ3n) is 2.24. The zero-order valence-corrected chi connectivity index (χ0v) is 9.36. The van der Waals surface area contributed by atoms with Crippen LogP contribution in [0.3, 0.4) is 0 Å². The van der Waals surface area contributed by atoms with Gasteiger partial charge in [-0.15, -0.1) is 0 Å². The van der Waals surface area contributed by atoms with Gasteiger partial charge in [0.1, 0.15) is 11.6 Å². The zero-order valence-electron chi connectivity index (χ0n) is 8.54. The minimum atomic E-state index is -0.431. The number of anilines is 1. The van der Waals surface area contributed by atoms with Crippen molar-refractivity contribution < 1.29 is 8.78 Å². The smallest absolute Gasteiger partial charge is 0.146 e. The van der Waals surface area contributed by atoms with Crippen LogP contribution in [0.5, 0.6) is 0 Å². The van der Waals surface area contributed by atoms with Gasteiger partial charge in [-0.05, 0) is 47.0 Å². The van der Waals surface area contributed by atoms with Crippen LogP contribution < -0.4 is 5.32 Å². The summed E-state index contributed by atoms with van der Waals surface area (Å²) in [5.41, 5.74) is 1.42. The maximum Gasteiger partial charge on any atom is 0.146 e. The van der Waals surface area contributed by atoms with E-state index in [1.807, 2.05) is 16.8 Å². The first-order chi connectivity index (χ1) is 7.75. The average molecular weight is 239 g/mol. The van der Waals surface area contributed by atoms with Crippen molar-refractivity contribution in [3.05, 3.63) is 52.2 Å². The summed E-state index contributed by atoms with van der Waals surface area (Å²) < 4.78 is 26.1. The minimum Gasteiger partial charge on any atom is -0.382 e. The van der Waals surface area contributed by atoms with Crippen molar-refractivity contribution in [3.8, 4) is 0 Å². The number of halogens is 2.